The quantitative estimate of drug-likeness (QED) is 0.882. The molecule has 0 bridgehead atoms. The highest BCUT2D eigenvalue weighted by Gasteiger charge is 2.26. The standard InChI is InChI=1S/C12H9Br2N3O/c13-7-3-8(14)11(15-5-7)12-16-9(6-1-2-6)4-10(18)17-12/h3-6H,1-2H2,(H,16,17,18). The van der Waals surface area contributed by atoms with Crippen LogP contribution in [0.4, 0.5) is 0 Å². The summed E-state index contributed by atoms with van der Waals surface area (Å²) < 4.78 is 1.67. The highest BCUT2D eigenvalue weighted by atomic mass is 79.9. The number of halogens is 2. The summed E-state index contributed by atoms with van der Waals surface area (Å²) >= 11 is 6.78. The fraction of sp³-hybridized carbons (Fsp3) is 0.250. The van der Waals surface area contributed by atoms with Crippen LogP contribution in [0.5, 0.6) is 0 Å². The van der Waals surface area contributed by atoms with Gasteiger partial charge in [0.25, 0.3) is 5.56 Å². The van der Waals surface area contributed by atoms with Crippen LogP contribution in [0, 0.1) is 0 Å². The van der Waals surface area contributed by atoms with Crippen LogP contribution in [0.1, 0.15) is 24.5 Å². The van der Waals surface area contributed by atoms with Gasteiger partial charge in [-0.25, -0.2) is 4.98 Å². The summed E-state index contributed by atoms with van der Waals surface area (Å²) in [5, 5.41) is 0. The molecule has 0 saturated heterocycles. The number of hydrogen-bond acceptors (Lipinski definition) is 3. The van der Waals surface area contributed by atoms with Crippen molar-refractivity contribution in [1.82, 2.24) is 15.0 Å². The van der Waals surface area contributed by atoms with Crippen LogP contribution in [0.15, 0.2) is 32.1 Å². The Kier molecular flexibility index (Phi) is 3.07. The van der Waals surface area contributed by atoms with Crippen LogP contribution < -0.4 is 5.56 Å². The smallest absolute Gasteiger partial charge is 0.251 e. The average molecular weight is 371 g/mol. The molecule has 1 aliphatic rings. The van der Waals surface area contributed by atoms with Gasteiger partial charge in [-0.1, -0.05) is 0 Å². The van der Waals surface area contributed by atoms with Crippen LogP contribution in [-0.4, -0.2) is 15.0 Å². The van der Waals surface area contributed by atoms with Crippen molar-refractivity contribution >= 4 is 31.9 Å². The molecule has 0 aromatic carbocycles. The third-order valence-corrected chi connectivity index (χ3v) is 3.83. The van der Waals surface area contributed by atoms with E-state index < -0.39 is 0 Å². The third kappa shape index (κ3) is 2.40. The van der Waals surface area contributed by atoms with Crippen molar-refractivity contribution in [2.24, 2.45) is 0 Å². The summed E-state index contributed by atoms with van der Waals surface area (Å²) in [5.74, 6) is 0.962. The fourth-order valence-electron chi connectivity index (χ4n) is 1.77. The summed E-state index contributed by atoms with van der Waals surface area (Å²) in [4.78, 5) is 23.2. The monoisotopic (exact) mass is 369 g/mol. The summed E-state index contributed by atoms with van der Waals surface area (Å²) in [6.45, 7) is 0. The third-order valence-electron chi connectivity index (χ3n) is 2.79. The van der Waals surface area contributed by atoms with Crippen molar-refractivity contribution < 1.29 is 0 Å². The molecule has 1 fully saturated rings. The Morgan fingerprint density at radius 3 is 2.72 bits per heavy atom. The summed E-state index contributed by atoms with van der Waals surface area (Å²) in [6, 6.07) is 3.46. The average Bonchev–Trinajstić information content (AvgIpc) is 3.11. The first-order valence-electron chi connectivity index (χ1n) is 5.56. The number of H-pyrrole nitrogens is 1. The lowest BCUT2D eigenvalue weighted by Crippen LogP contribution is -2.10. The van der Waals surface area contributed by atoms with Crippen LogP contribution in [0.3, 0.4) is 0 Å². The van der Waals surface area contributed by atoms with E-state index in [1.165, 1.54) is 0 Å². The summed E-state index contributed by atoms with van der Waals surface area (Å²) in [6.07, 6.45) is 3.92. The van der Waals surface area contributed by atoms with Gasteiger partial charge in [-0.15, -0.1) is 0 Å². The summed E-state index contributed by atoms with van der Waals surface area (Å²) in [5.41, 5.74) is 1.39. The van der Waals surface area contributed by atoms with Gasteiger partial charge >= 0.3 is 0 Å². The molecule has 2 aromatic rings. The van der Waals surface area contributed by atoms with E-state index in [0.29, 0.717) is 17.4 Å². The van der Waals surface area contributed by atoms with Gasteiger partial charge < -0.3 is 4.98 Å². The van der Waals surface area contributed by atoms with Gasteiger partial charge in [-0.2, -0.15) is 0 Å². The Balaban J connectivity index is 2.13. The van der Waals surface area contributed by atoms with Crippen molar-refractivity contribution in [2.45, 2.75) is 18.8 Å². The first-order chi connectivity index (χ1) is 8.63. The molecule has 2 heterocycles. The number of nitrogens with one attached hydrogen (secondary N) is 1. The van der Waals surface area contributed by atoms with Gasteiger partial charge in [0.2, 0.25) is 0 Å². The molecule has 92 valence electrons. The fourth-order valence-corrected chi connectivity index (χ4v) is 2.94. The zero-order valence-corrected chi connectivity index (χ0v) is 12.5. The zero-order valence-electron chi connectivity index (χ0n) is 9.28. The van der Waals surface area contributed by atoms with Gasteiger partial charge in [-0.05, 0) is 50.8 Å². The van der Waals surface area contributed by atoms with Gasteiger partial charge in [0.05, 0.1) is 5.69 Å². The molecule has 0 atom stereocenters. The van der Waals surface area contributed by atoms with E-state index in [0.717, 1.165) is 27.5 Å². The predicted molar refractivity (Wildman–Crippen MR) is 75.5 cm³/mol. The molecule has 1 saturated carbocycles. The van der Waals surface area contributed by atoms with Gasteiger partial charge in [-0.3, -0.25) is 9.78 Å². The number of aromatic amines is 1. The van der Waals surface area contributed by atoms with Gasteiger partial charge in [0, 0.05) is 27.1 Å². The lowest BCUT2D eigenvalue weighted by Gasteiger charge is -2.05. The number of rotatable bonds is 2. The maximum absolute atomic E-state index is 11.6. The highest BCUT2D eigenvalue weighted by Crippen LogP contribution is 2.39. The second-order valence-corrected chi connectivity index (χ2v) is 6.05. The molecule has 0 radical (unpaired) electrons. The Labute approximate surface area is 120 Å². The van der Waals surface area contributed by atoms with Crippen molar-refractivity contribution in [3.05, 3.63) is 43.3 Å². The number of nitrogens with zero attached hydrogens (tertiary/aromatic N) is 2. The van der Waals surface area contributed by atoms with Crippen molar-refractivity contribution in [3.8, 4) is 11.5 Å². The molecule has 1 N–H and O–H groups in total. The van der Waals surface area contributed by atoms with Crippen molar-refractivity contribution in [1.29, 1.82) is 0 Å². The molecule has 3 rings (SSSR count). The molecular formula is C12H9Br2N3O. The molecule has 0 aliphatic heterocycles. The van der Waals surface area contributed by atoms with Gasteiger partial charge in [0.15, 0.2) is 5.82 Å². The van der Waals surface area contributed by atoms with Crippen molar-refractivity contribution in [2.75, 3.05) is 0 Å². The predicted octanol–water partition coefficient (Wildman–Crippen LogP) is 3.23. The van der Waals surface area contributed by atoms with E-state index in [4.69, 9.17) is 0 Å². The van der Waals surface area contributed by atoms with E-state index >= 15 is 0 Å². The molecule has 1 aliphatic carbocycles. The molecule has 2 aromatic heterocycles. The topological polar surface area (TPSA) is 58.6 Å². The minimum Gasteiger partial charge on any atom is -0.305 e. The van der Waals surface area contributed by atoms with Crippen LogP contribution in [0.2, 0.25) is 0 Å². The van der Waals surface area contributed by atoms with E-state index in [1.54, 1.807) is 12.3 Å². The van der Waals surface area contributed by atoms with Crippen molar-refractivity contribution in [3.63, 3.8) is 0 Å². The number of pyridine rings is 1. The largest absolute Gasteiger partial charge is 0.305 e. The Hall–Kier alpha value is -1.01. The zero-order chi connectivity index (χ0) is 12.7. The van der Waals surface area contributed by atoms with Crippen LogP contribution in [0.25, 0.3) is 11.5 Å². The Morgan fingerprint density at radius 2 is 2.06 bits per heavy atom. The minimum atomic E-state index is -0.126. The second-order valence-electron chi connectivity index (χ2n) is 4.28. The minimum absolute atomic E-state index is 0.126. The number of aromatic nitrogens is 3. The molecule has 0 amide bonds. The highest BCUT2D eigenvalue weighted by molar-refractivity contribution is 9.11. The maximum Gasteiger partial charge on any atom is 0.251 e. The lowest BCUT2D eigenvalue weighted by molar-refractivity contribution is 0.968. The molecular weight excluding hydrogens is 362 g/mol. The maximum atomic E-state index is 11.6. The Bertz CT molecular complexity index is 665. The van der Waals surface area contributed by atoms with E-state index in [-0.39, 0.29) is 5.56 Å². The molecule has 0 spiro atoms. The normalized spacial score (nSPS) is 14.8. The molecule has 6 heteroatoms. The number of hydrogen-bond donors (Lipinski definition) is 1. The Morgan fingerprint density at radius 1 is 1.28 bits per heavy atom. The van der Waals surface area contributed by atoms with Crippen LogP contribution >= 0.6 is 31.9 Å². The lowest BCUT2D eigenvalue weighted by atomic mass is 10.2. The SMILES string of the molecule is O=c1cc(C2CC2)nc(-c2ncc(Br)cc2Br)[nH]1. The van der Waals surface area contributed by atoms with E-state index in [2.05, 4.69) is 46.8 Å². The van der Waals surface area contributed by atoms with E-state index in [9.17, 15) is 4.79 Å². The first kappa shape index (κ1) is 12.0. The van der Waals surface area contributed by atoms with Crippen LogP contribution in [-0.2, 0) is 0 Å². The van der Waals surface area contributed by atoms with E-state index in [1.807, 2.05) is 6.07 Å². The molecule has 18 heavy (non-hydrogen) atoms. The second kappa shape index (κ2) is 4.59. The summed E-state index contributed by atoms with van der Waals surface area (Å²) in [7, 11) is 0. The van der Waals surface area contributed by atoms with Gasteiger partial charge in [0.1, 0.15) is 5.69 Å². The first-order valence-corrected chi connectivity index (χ1v) is 7.15. The molecule has 0 unspecified atom stereocenters. The molecule has 4 nitrogen and oxygen atoms in total.